The first kappa shape index (κ1) is 22.9. The van der Waals surface area contributed by atoms with Crippen LogP contribution in [-0.4, -0.2) is 31.4 Å². The van der Waals surface area contributed by atoms with Crippen molar-refractivity contribution < 1.29 is 17.2 Å². The molecule has 1 saturated heterocycles. The molecule has 170 valence electrons. The standard InChI is InChI=1S/C21H21ClF2N4O2S2/c1-13(15-7-14(3-4-17(15)23)10-28-5-2-6-28)26-19-9-18(24)20(8-16(19)22)32(29,30)27-21-11-31-12-25-21/h3-4,7-9,11-13,26-27H,2,5-6,10H2,1H3. The molecule has 2 aromatic carbocycles. The molecule has 3 aromatic rings. The fraction of sp³-hybridized carbons (Fsp3) is 0.286. The topological polar surface area (TPSA) is 74.3 Å². The van der Waals surface area contributed by atoms with Crippen molar-refractivity contribution in [2.45, 2.75) is 30.8 Å². The quantitative estimate of drug-likeness (QED) is 0.443. The van der Waals surface area contributed by atoms with E-state index < -0.39 is 26.8 Å². The Balaban J connectivity index is 1.54. The highest BCUT2D eigenvalue weighted by Gasteiger charge is 2.23. The van der Waals surface area contributed by atoms with Crippen LogP contribution in [-0.2, 0) is 16.6 Å². The van der Waals surface area contributed by atoms with Gasteiger partial charge in [-0.1, -0.05) is 17.7 Å². The number of nitrogens with zero attached hydrogens (tertiary/aromatic N) is 2. The summed E-state index contributed by atoms with van der Waals surface area (Å²) in [6, 6.07) is 6.45. The number of thiazole rings is 1. The minimum Gasteiger partial charge on any atom is -0.377 e. The maximum atomic E-state index is 14.7. The first-order valence-electron chi connectivity index (χ1n) is 9.90. The molecule has 1 fully saturated rings. The van der Waals surface area contributed by atoms with Crippen molar-refractivity contribution in [3.63, 3.8) is 0 Å². The SMILES string of the molecule is CC(Nc1cc(F)c(S(=O)(=O)Nc2cscn2)cc1Cl)c1cc(CN2CCC2)ccc1F. The third-order valence-electron chi connectivity index (χ3n) is 5.24. The van der Waals surface area contributed by atoms with Gasteiger partial charge in [0.1, 0.15) is 16.5 Å². The molecule has 1 atom stereocenters. The average Bonchev–Trinajstić information content (AvgIpc) is 3.20. The Morgan fingerprint density at radius 3 is 2.66 bits per heavy atom. The number of hydrogen-bond acceptors (Lipinski definition) is 6. The van der Waals surface area contributed by atoms with Crippen LogP contribution in [0.2, 0.25) is 5.02 Å². The summed E-state index contributed by atoms with van der Waals surface area (Å²) < 4.78 is 56.4. The van der Waals surface area contributed by atoms with E-state index in [-0.39, 0.29) is 22.3 Å². The van der Waals surface area contributed by atoms with E-state index in [1.165, 1.54) is 34.7 Å². The summed E-state index contributed by atoms with van der Waals surface area (Å²) >= 11 is 7.45. The number of rotatable bonds is 8. The Hall–Kier alpha value is -2.27. The van der Waals surface area contributed by atoms with E-state index >= 15 is 0 Å². The van der Waals surface area contributed by atoms with Gasteiger partial charge in [0, 0.05) is 17.5 Å². The Morgan fingerprint density at radius 1 is 1.22 bits per heavy atom. The highest BCUT2D eigenvalue weighted by Crippen LogP contribution is 2.32. The molecule has 0 bridgehead atoms. The van der Waals surface area contributed by atoms with Gasteiger partial charge in [0.05, 0.1) is 22.3 Å². The van der Waals surface area contributed by atoms with E-state index in [1.807, 2.05) is 0 Å². The molecule has 4 rings (SSSR count). The lowest BCUT2D eigenvalue weighted by atomic mass is 10.0. The molecule has 1 aliphatic heterocycles. The second kappa shape index (κ2) is 9.30. The molecule has 6 nitrogen and oxygen atoms in total. The molecule has 0 saturated carbocycles. The smallest absolute Gasteiger partial charge is 0.266 e. The molecule has 2 N–H and O–H groups in total. The number of aromatic nitrogens is 1. The van der Waals surface area contributed by atoms with E-state index in [4.69, 9.17) is 11.6 Å². The minimum absolute atomic E-state index is 0.00551. The fourth-order valence-electron chi connectivity index (χ4n) is 3.43. The van der Waals surface area contributed by atoms with Crippen LogP contribution in [0.25, 0.3) is 0 Å². The fourth-order valence-corrected chi connectivity index (χ4v) is 5.36. The molecule has 32 heavy (non-hydrogen) atoms. The number of benzene rings is 2. The van der Waals surface area contributed by atoms with Gasteiger partial charge in [-0.15, -0.1) is 11.3 Å². The van der Waals surface area contributed by atoms with E-state index in [1.54, 1.807) is 19.1 Å². The Labute approximate surface area is 194 Å². The number of sulfonamides is 1. The van der Waals surface area contributed by atoms with Gasteiger partial charge in [-0.2, -0.15) is 0 Å². The van der Waals surface area contributed by atoms with E-state index in [2.05, 4.69) is 19.9 Å². The summed E-state index contributed by atoms with van der Waals surface area (Å²) in [4.78, 5) is 5.50. The van der Waals surface area contributed by atoms with Crippen LogP contribution in [0.15, 0.2) is 46.1 Å². The van der Waals surface area contributed by atoms with Gasteiger partial charge in [-0.25, -0.2) is 22.2 Å². The molecule has 1 aliphatic rings. The summed E-state index contributed by atoms with van der Waals surface area (Å²) in [6.45, 7) is 4.53. The van der Waals surface area contributed by atoms with Gasteiger partial charge in [0.2, 0.25) is 0 Å². The van der Waals surface area contributed by atoms with Crippen LogP contribution in [0.5, 0.6) is 0 Å². The number of halogens is 3. The van der Waals surface area contributed by atoms with Crippen LogP contribution >= 0.6 is 22.9 Å². The Bertz CT molecular complexity index is 1220. The predicted octanol–water partition coefficient (Wildman–Crippen LogP) is 5.25. The van der Waals surface area contributed by atoms with Crippen molar-refractivity contribution in [3.05, 3.63) is 69.0 Å². The van der Waals surface area contributed by atoms with Gasteiger partial charge < -0.3 is 5.32 Å². The summed E-state index contributed by atoms with van der Waals surface area (Å²) in [5.41, 5.74) is 3.02. The van der Waals surface area contributed by atoms with Crippen molar-refractivity contribution in [1.29, 1.82) is 0 Å². The zero-order valence-electron chi connectivity index (χ0n) is 17.1. The van der Waals surface area contributed by atoms with Crippen LogP contribution < -0.4 is 10.0 Å². The Morgan fingerprint density at radius 2 is 2.00 bits per heavy atom. The van der Waals surface area contributed by atoms with E-state index in [0.717, 1.165) is 37.3 Å². The normalized spacial score (nSPS) is 15.2. The summed E-state index contributed by atoms with van der Waals surface area (Å²) in [7, 11) is -4.21. The number of anilines is 2. The molecule has 0 aliphatic carbocycles. The highest BCUT2D eigenvalue weighted by atomic mass is 35.5. The Kier molecular flexibility index (Phi) is 6.66. The van der Waals surface area contributed by atoms with E-state index in [0.29, 0.717) is 5.56 Å². The highest BCUT2D eigenvalue weighted by molar-refractivity contribution is 7.92. The largest absolute Gasteiger partial charge is 0.377 e. The summed E-state index contributed by atoms with van der Waals surface area (Å²) in [6.07, 6.45) is 1.17. The van der Waals surface area contributed by atoms with Crippen molar-refractivity contribution in [3.8, 4) is 0 Å². The van der Waals surface area contributed by atoms with Gasteiger partial charge >= 0.3 is 0 Å². The van der Waals surface area contributed by atoms with Crippen molar-refractivity contribution >= 4 is 44.5 Å². The summed E-state index contributed by atoms with van der Waals surface area (Å²) in [5, 5.41) is 4.47. The van der Waals surface area contributed by atoms with Crippen LogP contribution in [0.1, 0.15) is 30.5 Å². The average molecular weight is 499 g/mol. The molecular formula is C21H21ClF2N4O2S2. The molecular weight excluding hydrogens is 478 g/mol. The monoisotopic (exact) mass is 498 g/mol. The van der Waals surface area contributed by atoms with Gasteiger partial charge in [-0.3, -0.25) is 9.62 Å². The third-order valence-corrected chi connectivity index (χ3v) is 7.51. The molecule has 2 heterocycles. The molecule has 0 amide bonds. The third kappa shape index (κ3) is 5.03. The van der Waals surface area contributed by atoms with Gasteiger partial charge in [0.25, 0.3) is 10.0 Å². The number of hydrogen-bond donors (Lipinski definition) is 2. The molecule has 11 heteroatoms. The maximum Gasteiger partial charge on any atom is 0.266 e. The van der Waals surface area contributed by atoms with Crippen LogP contribution in [0.4, 0.5) is 20.3 Å². The lowest BCUT2D eigenvalue weighted by Crippen LogP contribution is -2.36. The number of nitrogens with one attached hydrogen (secondary N) is 2. The van der Waals surface area contributed by atoms with Crippen LogP contribution in [0, 0.1) is 11.6 Å². The zero-order chi connectivity index (χ0) is 22.9. The zero-order valence-corrected chi connectivity index (χ0v) is 19.5. The maximum absolute atomic E-state index is 14.7. The minimum atomic E-state index is -4.21. The summed E-state index contributed by atoms with van der Waals surface area (Å²) in [5.74, 6) is -1.28. The molecule has 0 spiro atoms. The predicted molar refractivity (Wildman–Crippen MR) is 123 cm³/mol. The lowest BCUT2D eigenvalue weighted by Gasteiger charge is -2.31. The van der Waals surface area contributed by atoms with E-state index in [9.17, 15) is 17.2 Å². The van der Waals surface area contributed by atoms with Crippen molar-refractivity contribution in [2.24, 2.45) is 0 Å². The second-order valence-electron chi connectivity index (χ2n) is 7.59. The van der Waals surface area contributed by atoms with Gasteiger partial charge in [-0.05, 0) is 56.3 Å². The molecule has 0 radical (unpaired) electrons. The number of likely N-dealkylation sites (tertiary alicyclic amines) is 1. The molecule has 1 unspecified atom stereocenters. The second-order valence-corrected chi connectivity index (χ2v) is 10.4. The molecule has 1 aromatic heterocycles. The van der Waals surface area contributed by atoms with Crippen LogP contribution in [0.3, 0.4) is 0 Å². The van der Waals surface area contributed by atoms with Crippen molar-refractivity contribution in [1.82, 2.24) is 9.88 Å². The first-order chi connectivity index (χ1) is 15.2. The van der Waals surface area contributed by atoms with Crippen molar-refractivity contribution in [2.75, 3.05) is 23.1 Å². The lowest BCUT2D eigenvalue weighted by molar-refractivity contribution is 0.172. The van der Waals surface area contributed by atoms with Gasteiger partial charge in [0.15, 0.2) is 5.82 Å². The first-order valence-corrected chi connectivity index (χ1v) is 12.7.